The van der Waals surface area contributed by atoms with Crippen LogP contribution in [0.15, 0.2) is 18.2 Å². The number of carbonyl (C=O) groups excluding carboxylic acids is 2. The van der Waals surface area contributed by atoms with Crippen molar-refractivity contribution >= 4 is 23.2 Å². The topological polar surface area (TPSA) is 125 Å². The Balaban J connectivity index is 2.88. The molecule has 0 bridgehead atoms. The number of hydrogen-bond donors (Lipinski definition) is 2. The second kappa shape index (κ2) is 6.11. The van der Waals surface area contributed by atoms with Crippen LogP contribution in [0.25, 0.3) is 0 Å². The summed E-state index contributed by atoms with van der Waals surface area (Å²) in [7, 11) is 0. The Morgan fingerprint density at radius 2 is 2.11 bits per heavy atom. The van der Waals surface area contributed by atoms with E-state index in [9.17, 15) is 19.7 Å². The van der Waals surface area contributed by atoms with Crippen LogP contribution in [0.2, 0.25) is 0 Å². The van der Waals surface area contributed by atoms with E-state index in [4.69, 9.17) is 5.26 Å². The summed E-state index contributed by atoms with van der Waals surface area (Å²) in [6.07, 6.45) is 0. The lowest BCUT2D eigenvalue weighted by atomic mass is 10.2. The van der Waals surface area contributed by atoms with Gasteiger partial charge in [0, 0.05) is 6.07 Å². The number of benzene rings is 1. The smallest absolute Gasteiger partial charge is 0.313 e. The molecule has 19 heavy (non-hydrogen) atoms. The number of rotatable bonds is 3. The molecular weight excluding hydrogens is 252 g/mol. The summed E-state index contributed by atoms with van der Waals surface area (Å²) in [5, 5.41) is 23.2. The number of amides is 2. The van der Waals surface area contributed by atoms with Crippen LogP contribution in [-0.2, 0) is 9.59 Å². The first-order valence-corrected chi connectivity index (χ1v) is 5.17. The van der Waals surface area contributed by atoms with Gasteiger partial charge in [-0.05, 0) is 18.6 Å². The van der Waals surface area contributed by atoms with Crippen molar-refractivity contribution in [2.75, 3.05) is 11.9 Å². The van der Waals surface area contributed by atoms with Crippen molar-refractivity contribution in [2.45, 2.75) is 6.92 Å². The predicted molar refractivity (Wildman–Crippen MR) is 65.1 cm³/mol. The van der Waals surface area contributed by atoms with Gasteiger partial charge in [-0.2, -0.15) is 5.26 Å². The maximum atomic E-state index is 11.4. The van der Waals surface area contributed by atoms with Crippen molar-refractivity contribution in [1.82, 2.24) is 5.32 Å². The predicted octanol–water partition coefficient (Wildman–Crippen LogP) is 0.482. The Morgan fingerprint density at radius 3 is 2.68 bits per heavy atom. The number of carbonyl (C=O) groups is 2. The van der Waals surface area contributed by atoms with E-state index >= 15 is 0 Å². The molecule has 1 aromatic carbocycles. The molecule has 0 aliphatic rings. The number of aryl methyl sites for hydroxylation is 1. The largest absolute Gasteiger partial charge is 0.335 e. The summed E-state index contributed by atoms with van der Waals surface area (Å²) >= 11 is 0. The number of nitro benzene ring substituents is 1. The van der Waals surface area contributed by atoms with E-state index in [-0.39, 0.29) is 17.9 Å². The Bertz CT molecular complexity index is 577. The zero-order valence-electron chi connectivity index (χ0n) is 9.97. The fourth-order valence-corrected chi connectivity index (χ4v) is 1.28. The van der Waals surface area contributed by atoms with Crippen LogP contribution < -0.4 is 10.6 Å². The Kier molecular flexibility index (Phi) is 4.54. The minimum atomic E-state index is -1.07. The average molecular weight is 262 g/mol. The van der Waals surface area contributed by atoms with Gasteiger partial charge in [0.05, 0.1) is 11.0 Å². The van der Waals surface area contributed by atoms with E-state index in [0.29, 0.717) is 5.56 Å². The molecule has 0 radical (unpaired) electrons. The highest BCUT2D eigenvalue weighted by molar-refractivity contribution is 6.39. The normalized spacial score (nSPS) is 9.26. The lowest BCUT2D eigenvalue weighted by Crippen LogP contribution is -2.35. The zero-order valence-corrected chi connectivity index (χ0v) is 9.97. The monoisotopic (exact) mass is 262 g/mol. The molecule has 0 heterocycles. The second-order valence-electron chi connectivity index (χ2n) is 3.57. The molecule has 2 N–H and O–H groups in total. The minimum Gasteiger partial charge on any atom is -0.335 e. The number of anilines is 1. The fourth-order valence-electron chi connectivity index (χ4n) is 1.28. The molecule has 0 saturated heterocycles. The molecule has 0 unspecified atom stereocenters. The quantitative estimate of drug-likeness (QED) is 0.354. The number of nitrogens with one attached hydrogen (secondary N) is 2. The molecule has 0 aliphatic carbocycles. The molecule has 8 heteroatoms. The van der Waals surface area contributed by atoms with E-state index in [2.05, 4.69) is 5.32 Å². The Labute approximate surface area is 108 Å². The van der Waals surface area contributed by atoms with Gasteiger partial charge in [-0.1, -0.05) is 6.07 Å². The summed E-state index contributed by atoms with van der Waals surface area (Å²) in [5.41, 5.74) is 0.271. The van der Waals surface area contributed by atoms with Crippen LogP contribution in [0.3, 0.4) is 0 Å². The van der Waals surface area contributed by atoms with Crippen LogP contribution in [0.5, 0.6) is 0 Å². The molecule has 1 rings (SSSR count). The van der Waals surface area contributed by atoms with Crippen molar-refractivity contribution in [3.8, 4) is 6.07 Å². The molecule has 98 valence electrons. The van der Waals surface area contributed by atoms with Gasteiger partial charge < -0.3 is 10.6 Å². The molecule has 1 aromatic rings. The fraction of sp³-hybridized carbons (Fsp3) is 0.182. The van der Waals surface area contributed by atoms with Gasteiger partial charge in [-0.3, -0.25) is 19.7 Å². The van der Waals surface area contributed by atoms with E-state index in [1.54, 1.807) is 19.1 Å². The zero-order chi connectivity index (χ0) is 14.4. The van der Waals surface area contributed by atoms with Crippen molar-refractivity contribution in [3.05, 3.63) is 33.9 Å². The minimum absolute atomic E-state index is 0.0762. The first-order valence-electron chi connectivity index (χ1n) is 5.17. The molecule has 0 saturated carbocycles. The standard InChI is InChI=1S/C11H10N4O4/c1-7-2-3-8(9(6-7)15(18)19)14-11(17)10(16)13-5-4-12/h2-3,6H,5H2,1H3,(H,13,16)(H,14,17). The highest BCUT2D eigenvalue weighted by Gasteiger charge is 2.19. The highest BCUT2D eigenvalue weighted by atomic mass is 16.6. The molecule has 2 amide bonds. The van der Waals surface area contributed by atoms with Crippen LogP contribution in [-0.4, -0.2) is 23.3 Å². The van der Waals surface area contributed by atoms with Crippen molar-refractivity contribution in [2.24, 2.45) is 0 Å². The molecule has 8 nitrogen and oxygen atoms in total. The number of nitrogens with zero attached hydrogens (tertiary/aromatic N) is 2. The van der Waals surface area contributed by atoms with Crippen molar-refractivity contribution in [3.63, 3.8) is 0 Å². The summed E-state index contributed by atoms with van der Waals surface area (Å²) in [6, 6.07) is 5.82. The summed E-state index contributed by atoms with van der Waals surface area (Å²) in [4.78, 5) is 32.8. The Hall–Kier alpha value is -2.95. The molecule has 0 aromatic heterocycles. The summed E-state index contributed by atoms with van der Waals surface area (Å²) in [5.74, 6) is -2.10. The van der Waals surface area contributed by atoms with Gasteiger partial charge >= 0.3 is 11.8 Å². The second-order valence-corrected chi connectivity index (χ2v) is 3.57. The van der Waals surface area contributed by atoms with E-state index in [0.717, 1.165) is 0 Å². The maximum absolute atomic E-state index is 11.4. The van der Waals surface area contributed by atoms with Gasteiger partial charge in [-0.15, -0.1) is 0 Å². The van der Waals surface area contributed by atoms with Crippen LogP contribution in [0, 0.1) is 28.4 Å². The van der Waals surface area contributed by atoms with Crippen LogP contribution >= 0.6 is 0 Å². The maximum Gasteiger partial charge on any atom is 0.313 e. The van der Waals surface area contributed by atoms with Crippen LogP contribution in [0.1, 0.15) is 5.56 Å². The van der Waals surface area contributed by atoms with Crippen molar-refractivity contribution in [1.29, 1.82) is 5.26 Å². The molecule has 0 atom stereocenters. The summed E-state index contributed by atoms with van der Waals surface area (Å²) in [6.45, 7) is 1.35. The first kappa shape index (κ1) is 14.1. The first-order chi connectivity index (χ1) is 8.95. The number of nitro groups is 1. The third-order valence-electron chi connectivity index (χ3n) is 2.13. The lowest BCUT2D eigenvalue weighted by molar-refractivity contribution is -0.384. The summed E-state index contributed by atoms with van der Waals surface area (Å²) < 4.78 is 0. The SMILES string of the molecule is Cc1ccc(NC(=O)C(=O)NCC#N)c([N+](=O)[O-])c1. The van der Waals surface area contributed by atoms with Gasteiger partial charge in [-0.25, -0.2) is 0 Å². The molecule has 0 aliphatic heterocycles. The van der Waals surface area contributed by atoms with Gasteiger partial charge in [0.1, 0.15) is 12.2 Å². The molecule has 0 spiro atoms. The van der Waals surface area contributed by atoms with E-state index in [1.165, 1.54) is 12.1 Å². The van der Waals surface area contributed by atoms with Gasteiger partial charge in [0.15, 0.2) is 0 Å². The molecular formula is C11H10N4O4. The van der Waals surface area contributed by atoms with Gasteiger partial charge in [0.25, 0.3) is 5.69 Å². The molecule has 0 fully saturated rings. The lowest BCUT2D eigenvalue weighted by Gasteiger charge is -2.06. The van der Waals surface area contributed by atoms with Crippen LogP contribution in [0.4, 0.5) is 11.4 Å². The third-order valence-corrected chi connectivity index (χ3v) is 2.13. The Morgan fingerprint density at radius 1 is 1.42 bits per heavy atom. The average Bonchev–Trinajstić information content (AvgIpc) is 2.37. The third kappa shape index (κ3) is 3.78. The van der Waals surface area contributed by atoms with E-state index in [1.807, 2.05) is 5.32 Å². The number of nitriles is 1. The van der Waals surface area contributed by atoms with E-state index < -0.39 is 16.7 Å². The van der Waals surface area contributed by atoms with Crippen molar-refractivity contribution < 1.29 is 14.5 Å². The van der Waals surface area contributed by atoms with Gasteiger partial charge in [0.2, 0.25) is 0 Å². The highest BCUT2D eigenvalue weighted by Crippen LogP contribution is 2.25. The number of hydrogen-bond acceptors (Lipinski definition) is 5.